The molecule has 0 amide bonds. The third-order valence-corrected chi connectivity index (χ3v) is 3.56. The number of rotatable bonds is 3. The van der Waals surface area contributed by atoms with Crippen LogP contribution in [0.1, 0.15) is 4.88 Å². The Morgan fingerprint density at radius 3 is 2.88 bits per heavy atom. The lowest BCUT2D eigenvalue weighted by Gasteiger charge is -1.95. The molecule has 2 rings (SSSR count). The van der Waals surface area contributed by atoms with Gasteiger partial charge < -0.3 is 9.94 Å². The molecule has 0 bridgehead atoms. The first-order valence-corrected chi connectivity index (χ1v) is 5.86. The minimum Gasteiger partial charge on any atom is -0.476 e. The smallest absolute Gasteiger partial charge is 0.359 e. The first-order valence-electron chi connectivity index (χ1n) is 4.66. The van der Waals surface area contributed by atoms with E-state index in [1.807, 2.05) is 12.1 Å². The Labute approximate surface area is 106 Å². The Hall–Kier alpha value is -1.59. The van der Waals surface area contributed by atoms with Crippen molar-refractivity contribution in [2.45, 2.75) is 0 Å². The molecule has 1 heterocycles. The molecule has 1 aromatic heterocycles. The number of carbonyl (C=O) groups is 1. The van der Waals surface area contributed by atoms with E-state index in [0.717, 1.165) is 10.1 Å². The summed E-state index contributed by atoms with van der Waals surface area (Å²) in [7, 11) is 1.31. The summed E-state index contributed by atoms with van der Waals surface area (Å²) in [4.78, 5) is 16.1. The molecule has 0 atom stereocenters. The van der Waals surface area contributed by atoms with Crippen molar-refractivity contribution >= 4 is 44.7 Å². The Morgan fingerprint density at radius 2 is 2.29 bits per heavy atom. The van der Waals surface area contributed by atoms with Crippen molar-refractivity contribution in [1.82, 2.24) is 0 Å². The molecule has 17 heavy (non-hydrogen) atoms. The number of fused-ring (bicyclic) bond motifs is 1. The highest BCUT2D eigenvalue weighted by atomic mass is 35.5. The number of carboxylic acids is 1. The average molecular weight is 270 g/mol. The van der Waals surface area contributed by atoms with Crippen LogP contribution in [0.5, 0.6) is 0 Å². The Kier molecular flexibility index (Phi) is 3.31. The van der Waals surface area contributed by atoms with E-state index in [0.29, 0.717) is 9.90 Å². The summed E-state index contributed by atoms with van der Waals surface area (Å²) in [6, 6.07) is 7.16. The number of benzene rings is 1. The molecule has 2 aromatic rings. The predicted molar refractivity (Wildman–Crippen MR) is 68.0 cm³/mol. The van der Waals surface area contributed by atoms with E-state index in [9.17, 15) is 4.79 Å². The van der Waals surface area contributed by atoms with Crippen LogP contribution in [-0.2, 0) is 9.63 Å². The van der Waals surface area contributed by atoms with E-state index >= 15 is 0 Å². The van der Waals surface area contributed by atoms with E-state index in [1.165, 1.54) is 18.4 Å². The Balaban J connectivity index is 2.60. The van der Waals surface area contributed by atoms with Crippen molar-refractivity contribution in [3.8, 4) is 0 Å². The normalized spacial score (nSPS) is 11.8. The molecule has 1 aromatic carbocycles. The molecule has 0 unspecified atom stereocenters. The second kappa shape index (κ2) is 4.73. The molecule has 4 nitrogen and oxygen atoms in total. The number of aliphatic carboxylic acids is 1. The van der Waals surface area contributed by atoms with Gasteiger partial charge in [-0.15, -0.1) is 11.3 Å². The van der Waals surface area contributed by atoms with Gasteiger partial charge in [-0.1, -0.05) is 22.8 Å². The summed E-state index contributed by atoms with van der Waals surface area (Å²) in [5, 5.41) is 13.9. The van der Waals surface area contributed by atoms with Crippen LogP contribution >= 0.6 is 22.9 Å². The molecule has 0 saturated carbocycles. The topological polar surface area (TPSA) is 58.9 Å². The van der Waals surface area contributed by atoms with Gasteiger partial charge in [-0.05, 0) is 18.2 Å². The van der Waals surface area contributed by atoms with Gasteiger partial charge >= 0.3 is 5.97 Å². The zero-order chi connectivity index (χ0) is 12.4. The molecule has 0 saturated heterocycles. The monoisotopic (exact) mass is 269 g/mol. The van der Waals surface area contributed by atoms with Gasteiger partial charge in [0, 0.05) is 15.1 Å². The fourth-order valence-electron chi connectivity index (χ4n) is 1.42. The van der Waals surface area contributed by atoms with Gasteiger partial charge in [0.15, 0.2) is 0 Å². The van der Waals surface area contributed by atoms with Gasteiger partial charge in [0.05, 0.1) is 4.88 Å². The highest BCUT2D eigenvalue weighted by Crippen LogP contribution is 2.31. The maximum absolute atomic E-state index is 11.0. The van der Waals surface area contributed by atoms with Crippen molar-refractivity contribution in [3.05, 3.63) is 34.2 Å². The second-order valence-electron chi connectivity index (χ2n) is 3.19. The van der Waals surface area contributed by atoms with Crippen LogP contribution in [0.4, 0.5) is 0 Å². The van der Waals surface area contributed by atoms with Crippen molar-refractivity contribution in [2.24, 2.45) is 5.16 Å². The highest BCUT2D eigenvalue weighted by Gasteiger charge is 2.17. The Bertz CT molecular complexity index is 606. The first kappa shape index (κ1) is 11.9. The summed E-state index contributed by atoms with van der Waals surface area (Å²) in [6.45, 7) is 0. The van der Waals surface area contributed by atoms with Crippen LogP contribution in [0.2, 0.25) is 5.02 Å². The number of nitrogens with zero attached hydrogens (tertiary/aromatic N) is 1. The summed E-state index contributed by atoms with van der Waals surface area (Å²) >= 11 is 7.33. The fraction of sp³-hybridized carbons (Fsp3) is 0.0909. The van der Waals surface area contributed by atoms with Crippen molar-refractivity contribution in [3.63, 3.8) is 0 Å². The van der Waals surface area contributed by atoms with E-state index in [2.05, 4.69) is 9.99 Å². The van der Waals surface area contributed by atoms with Crippen LogP contribution in [-0.4, -0.2) is 23.9 Å². The zero-order valence-corrected chi connectivity index (χ0v) is 10.4. The number of carboxylic acid groups (broad SMARTS) is 1. The minimum absolute atomic E-state index is 0.121. The van der Waals surface area contributed by atoms with E-state index in [-0.39, 0.29) is 5.71 Å². The van der Waals surface area contributed by atoms with E-state index in [4.69, 9.17) is 16.7 Å². The standard InChI is InChI=1S/C11H8ClNO3S/c1-16-13-10(11(14)15)9-5-6-7(12)3-2-4-8(6)17-9/h2-5H,1H3,(H,14,15). The maximum atomic E-state index is 11.0. The molecule has 0 aliphatic rings. The molecular formula is C11H8ClNO3S. The first-order chi connectivity index (χ1) is 8.13. The maximum Gasteiger partial charge on any atom is 0.359 e. The van der Waals surface area contributed by atoms with E-state index < -0.39 is 5.97 Å². The number of halogens is 1. The second-order valence-corrected chi connectivity index (χ2v) is 4.68. The van der Waals surface area contributed by atoms with Crippen molar-refractivity contribution in [2.75, 3.05) is 7.11 Å². The highest BCUT2D eigenvalue weighted by molar-refractivity contribution is 7.21. The number of hydrogen-bond donors (Lipinski definition) is 1. The Morgan fingerprint density at radius 1 is 1.53 bits per heavy atom. The lowest BCUT2D eigenvalue weighted by Crippen LogP contribution is -2.13. The summed E-state index contributed by atoms with van der Waals surface area (Å²) in [5.74, 6) is -1.13. The lowest BCUT2D eigenvalue weighted by atomic mass is 10.2. The van der Waals surface area contributed by atoms with Gasteiger partial charge in [-0.2, -0.15) is 0 Å². The molecule has 88 valence electrons. The summed E-state index contributed by atoms with van der Waals surface area (Å²) < 4.78 is 0.914. The molecule has 0 fully saturated rings. The van der Waals surface area contributed by atoms with Crippen molar-refractivity contribution in [1.29, 1.82) is 0 Å². The quantitative estimate of drug-likeness (QED) is 0.688. The molecule has 0 radical (unpaired) electrons. The number of hydrogen-bond acceptors (Lipinski definition) is 4. The summed E-state index contributed by atoms with van der Waals surface area (Å²) in [6.07, 6.45) is 0. The minimum atomic E-state index is -1.13. The van der Waals surface area contributed by atoms with Crippen LogP contribution in [0, 0.1) is 0 Å². The van der Waals surface area contributed by atoms with Crippen LogP contribution in [0.3, 0.4) is 0 Å². The van der Waals surface area contributed by atoms with Gasteiger partial charge in [-0.3, -0.25) is 0 Å². The van der Waals surface area contributed by atoms with Crippen LogP contribution in [0.15, 0.2) is 29.4 Å². The molecule has 0 spiro atoms. The van der Waals surface area contributed by atoms with Gasteiger partial charge in [0.2, 0.25) is 5.71 Å². The van der Waals surface area contributed by atoms with Crippen molar-refractivity contribution < 1.29 is 14.7 Å². The molecule has 6 heteroatoms. The fourth-order valence-corrected chi connectivity index (χ4v) is 2.77. The molecule has 0 aliphatic heterocycles. The van der Waals surface area contributed by atoms with Crippen LogP contribution in [0.25, 0.3) is 10.1 Å². The third kappa shape index (κ3) is 2.25. The zero-order valence-electron chi connectivity index (χ0n) is 8.81. The van der Waals surface area contributed by atoms with Crippen LogP contribution < -0.4 is 0 Å². The van der Waals surface area contributed by atoms with E-state index in [1.54, 1.807) is 12.1 Å². The van der Waals surface area contributed by atoms with Gasteiger partial charge in [-0.25, -0.2) is 4.79 Å². The summed E-state index contributed by atoms with van der Waals surface area (Å²) in [5.41, 5.74) is -0.121. The SMILES string of the molecule is CON=C(C(=O)O)c1cc2c(Cl)cccc2s1. The number of thiophene rings is 1. The predicted octanol–water partition coefficient (Wildman–Crippen LogP) is 2.99. The lowest BCUT2D eigenvalue weighted by molar-refractivity contribution is -0.129. The largest absolute Gasteiger partial charge is 0.476 e. The molecular weight excluding hydrogens is 262 g/mol. The third-order valence-electron chi connectivity index (χ3n) is 2.13. The number of oxime groups is 1. The molecule has 0 aliphatic carbocycles. The molecule has 1 N–H and O–H groups in total. The van der Waals surface area contributed by atoms with Gasteiger partial charge in [0.1, 0.15) is 7.11 Å². The van der Waals surface area contributed by atoms with Gasteiger partial charge in [0.25, 0.3) is 0 Å². The average Bonchev–Trinajstić information content (AvgIpc) is 2.70.